The molecule has 1 saturated heterocycles. The summed E-state index contributed by atoms with van der Waals surface area (Å²) in [5, 5.41) is 6.94. The zero-order chi connectivity index (χ0) is 17.2. The minimum absolute atomic E-state index is 0.0892. The number of likely N-dealkylation sites (tertiary alicyclic amines) is 1. The highest BCUT2D eigenvalue weighted by atomic mass is 16.5. The second-order valence-corrected chi connectivity index (χ2v) is 6.20. The average Bonchev–Trinajstić information content (AvgIpc) is 3.32. The smallest absolute Gasteiger partial charge is 0.318 e. The van der Waals surface area contributed by atoms with Crippen molar-refractivity contribution >= 4 is 11.7 Å². The van der Waals surface area contributed by atoms with Gasteiger partial charge >= 0.3 is 6.03 Å². The van der Waals surface area contributed by atoms with E-state index >= 15 is 0 Å². The van der Waals surface area contributed by atoms with Gasteiger partial charge in [-0.2, -0.15) is 4.98 Å². The Balaban J connectivity index is 1.35. The van der Waals surface area contributed by atoms with Gasteiger partial charge in [0.15, 0.2) is 5.82 Å². The van der Waals surface area contributed by atoms with Crippen LogP contribution in [0.15, 0.2) is 35.1 Å². The number of nitrogens with one attached hydrogen (secondary N) is 1. The van der Waals surface area contributed by atoms with Gasteiger partial charge in [-0.15, -0.1) is 0 Å². The van der Waals surface area contributed by atoms with E-state index in [1.54, 1.807) is 11.8 Å². The third kappa shape index (κ3) is 3.19. The highest BCUT2D eigenvalue weighted by Crippen LogP contribution is 2.29. The molecule has 4 heterocycles. The molecule has 0 bridgehead atoms. The van der Waals surface area contributed by atoms with Crippen molar-refractivity contribution in [3.63, 3.8) is 0 Å². The van der Waals surface area contributed by atoms with Crippen LogP contribution in [-0.2, 0) is 6.42 Å². The van der Waals surface area contributed by atoms with Crippen LogP contribution in [0.2, 0.25) is 0 Å². The van der Waals surface area contributed by atoms with Crippen molar-refractivity contribution in [3.8, 4) is 0 Å². The Bertz CT molecular complexity index is 853. The van der Waals surface area contributed by atoms with Crippen molar-refractivity contribution in [2.24, 2.45) is 0 Å². The maximum absolute atomic E-state index is 12.5. The van der Waals surface area contributed by atoms with Gasteiger partial charge in [-0.05, 0) is 25.0 Å². The van der Waals surface area contributed by atoms with Crippen LogP contribution >= 0.6 is 0 Å². The molecule has 8 nitrogen and oxygen atoms in total. The standard InChI is InChI=1S/C17H20N6O2/c1-12-19-16(21-25-12)14-5-4-10-23(14)17(24)18-8-7-13-11-22-9-3-2-6-15(22)20-13/h2-3,6,9,11,14H,4-5,7-8,10H2,1H3,(H,18,24)/t14-/m1/s1. The molecule has 4 rings (SSSR count). The third-order valence-electron chi connectivity index (χ3n) is 4.43. The molecule has 3 aromatic rings. The van der Waals surface area contributed by atoms with E-state index in [0.717, 1.165) is 24.2 Å². The van der Waals surface area contributed by atoms with Crippen LogP contribution in [-0.4, -0.2) is 43.5 Å². The number of nitrogens with zero attached hydrogens (tertiary/aromatic N) is 5. The number of amides is 2. The number of fused-ring (bicyclic) bond motifs is 1. The van der Waals surface area contributed by atoms with Gasteiger partial charge < -0.3 is 19.1 Å². The summed E-state index contributed by atoms with van der Waals surface area (Å²) < 4.78 is 7.02. The van der Waals surface area contributed by atoms with Gasteiger partial charge in [0, 0.05) is 38.8 Å². The number of imidazole rings is 1. The molecular weight excluding hydrogens is 320 g/mol. The molecule has 3 aromatic heterocycles. The van der Waals surface area contributed by atoms with E-state index in [2.05, 4.69) is 20.4 Å². The Morgan fingerprint density at radius 2 is 2.32 bits per heavy atom. The fourth-order valence-electron chi connectivity index (χ4n) is 3.24. The predicted molar refractivity (Wildman–Crippen MR) is 90.0 cm³/mol. The van der Waals surface area contributed by atoms with E-state index < -0.39 is 0 Å². The highest BCUT2D eigenvalue weighted by molar-refractivity contribution is 5.75. The lowest BCUT2D eigenvalue weighted by atomic mass is 10.2. The first-order valence-electron chi connectivity index (χ1n) is 8.48. The van der Waals surface area contributed by atoms with Crippen LogP contribution in [0.25, 0.3) is 5.65 Å². The van der Waals surface area contributed by atoms with Crippen LogP contribution < -0.4 is 5.32 Å². The number of carbonyl (C=O) groups excluding carboxylic acids is 1. The van der Waals surface area contributed by atoms with Crippen molar-refractivity contribution < 1.29 is 9.32 Å². The van der Waals surface area contributed by atoms with Crippen LogP contribution in [0.5, 0.6) is 0 Å². The van der Waals surface area contributed by atoms with Gasteiger partial charge in [-0.25, -0.2) is 9.78 Å². The SMILES string of the molecule is Cc1nc([C@H]2CCCN2C(=O)NCCc2cn3ccccc3n2)no1. The molecule has 1 aliphatic heterocycles. The molecule has 0 saturated carbocycles. The normalized spacial score (nSPS) is 17.3. The monoisotopic (exact) mass is 340 g/mol. The summed E-state index contributed by atoms with van der Waals surface area (Å²) >= 11 is 0. The maximum atomic E-state index is 12.5. The van der Waals surface area contributed by atoms with E-state index in [4.69, 9.17) is 4.52 Å². The Morgan fingerprint density at radius 3 is 3.12 bits per heavy atom. The van der Waals surface area contributed by atoms with Crippen LogP contribution in [0.3, 0.4) is 0 Å². The molecule has 1 atom stereocenters. The molecule has 2 amide bonds. The number of hydrogen-bond acceptors (Lipinski definition) is 5. The number of aromatic nitrogens is 4. The van der Waals surface area contributed by atoms with Crippen molar-refractivity contribution in [2.75, 3.05) is 13.1 Å². The average molecular weight is 340 g/mol. The zero-order valence-corrected chi connectivity index (χ0v) is 14.1. The Kier molecular flexibility index (Phi) is 4.09. The Hall–Kier alpha value is -2.90. The Labute approximate surface area is 144 Å². The molecule has 8 heteroatoms. The van der Waals surface area contributed by atoms with Gasteiger partial charge in [0.2, 0.25) is 5.89 Å². The van der Waals surface area contributed by atoms with Crippen LogP contribution in [0, 0.1) is 6.92 Å². The molecule has 0 radical (unpaired) electrons. The van der Waals surface area contributed by atoms with Gasteiger partial charge in [0.25, 0.3) is 0 Å². The quantitative estimate of drug-likeness (QED) is 0.786. The fraction of sp³-hybridized carbons (Fsp3) is 0.412. The van der Waals surface area contributed by atoms with Crippen molar-refractivity contribution in [3.05, 3.63) is 48.0 Å². The van der Waals surface area contributed by atoms with E-state index in [1.165, 1.54) is 0 Å². The van der Waals surface area contributed by atoms with Gasteiger partial charge in [0.1, 0.15) is 5.65 Å². The van der Waals surface area contributed by atoms with Gasteiger partial charge in [0.05, 0.1) is 11.7 Å². The number of urea groups is 1. The molecule has 25 heavy (non-hydrogen) atoms. The first-order valence-corrected chi connectivity index (χ1v) is 8.48. The molecule has 0 unspecified atom stereocenters. The molecule has 0 aliphatic carbocycles. The molecule has 1 fully saturated rings. The van der Waals surface area contributed by atoms with Crippen molar-refractivity contribution in [1.29, 1.82) is 0 Å². The minimum atomic E-state index is -0.104. The largest absolute Gasteiger partial charge is 0.340 e. The lowest BCUT2D eigenvalue weighted by Crippen LogP contribution is -2.40. The molecular formula is C17H20N6O2. The van der Waals surface area contributed by atoms with Gasteiger partial charge in [-0.1, -0.05) is 11.2 Å². The number of hydrogen-bond donors (Lipinski definition) is 1. The summed E-state index contributed by atoms with van der Waals surface area (Å²) in [6.45, 7) is 3.00. The van der Waals surface area contributed by atoms with Crippen LogP contribution in [0.4, 0.5) is 4.79 Å². The van der Waals surface area contributed by atoms with Gasteiger partial charge in [-0.3, -0.25) is 0 Å². The van der Waals surface area contributed by atoms with E-state index in [9.17, 15) is 4.79 Å². The summed E-state index contributed by atoms with van der Waals surface area (Å²) in [4.78, 5) is 23.1. The first kappa shape index (κ1) is 15.6. The Morgan fingerprint density at radius 1 is 1.40 bits per heavy atom. The molecule has 0 aromatic carbocycles. The molecule has 0 spiro atoms. The topological polar surface area (TPSA) is 88.6 Å². The van der Waals surface area contributed by atoms with Crippen molar-refractivity contribution in [2.45, 2.75) is 32.2 Å². The summed E-state index contributed by atoms with van der Waals surface area (Å²) in [6.07, 6.45) is 6.44. The summed E-state index contributed by atoms with van der Waals surface area (Å²) in [5.74, 6) is 1.11. The van der Waals surface area contributed by atoms with E-state index in [0.29, 0.717) is 31.2 Å². The number of carbonyl (C=O) groups is 1. The summed E-state index contributed by atoms with van der Waals surface area (Å²) in [7, 11) is 0. The lowest BCUT2D eigenvalue weighted by molar-refractivity contribution is 0.190. The maximum Gasteiger partial charge on any atom is 0.318 e. The second kappa shape index (κ2) is 6.54. The summed E-state index contributed by atoms with van der Waals surface area (Å²) in [6, 6.07) is 5.69. The van der Waals surface area contributed by atoms with E-state index in [1.807, 2.05) is 35.0 Å². The lowest BCUT2D eigenvalue weighted by Gasteiger charge is -2.22. The number of aryl methyl sites for hydroxylation is 1. The second-order valence-electron chi connectivity index (χ2n) is 6.20. The number of rotatable bonds is 4. The minimum Gasteiger partial charge on any atom is -0.340 e. The fourth-order valence-corrected chi connectivity index (χ4v) is 3.24. The van der Waals surface area contributed by atoms with E-state index in [-0.39, 0.29) is 12.1 Å². The predicted octanol–water partition coefficient (Wildman–Crippen LogP) is 2.11. The molecule has 1 N–H and O–H groups in total. The number of pyridine rings is 1. The molecule has 130 valence electrons. The van der Waals surface area contributed by atoms with Crippen molar-refractivity contribution in [1.82, 2.24) is 29.7 Å². The van der Waals surface area contributed by atoms with Crippen LogP contribution in [0.1, 0.15) is 36.3 Å². The zero-order valence-electron chi connectivity index (χ0n) is 14.1. The molecule has 1 aliphatic rings. The third-order valence-corrected chi connectivity index (χ3v) is 4.43. The highest BCUT2D eigenvalue weighted by Gasteiger charge is 2.33. The summed E-state index contributed by atoms with van der Waals surface area (Å²) in [5.41, 5.74) is 1.87. The first-order chi connectivity index (χ1) is 12.2.